The molecule has 1 aliphatic rings. The van der Waals surface area contributed by atoms with Crippen molar-refractivity contribution < 1.29 is 28.9 Å². The Bertz CT molecular complexity index is 860. The summed E-state index contributed by atoms with van der Waals surface area (Å²) in [5, 5.41) is 10.1. The highest BCUT2D eigenvalue weighted by Crippen LogP contribution is 2.20. The van der Waals surface area contributed by atoms with Gasteiger partial charge in [0.25, 0.3) is 0 Å². The number of hydrogen-bond acceptors (Lipinski definition) is 6. The number of esters is 2. The van der Waals surface area contributed by atoms with Crippen molar-refractivity contribution in [2.24, 2.45) is 5.92 Å². The van der Waals surface area contributed by atoms with Crippen molar-refractivity contribution in [3.8, 4) is 5.75 Å². The number of aliphatic hydroxyl groups excluding tert-OH is 1. The first-order valence-electron chi connectivity index (χ1n) is 9.54. The van der Waals surface area contributed by atoms with E-state index in [-0.39, 0.29) is 12.5 Å². The Kier molecular flexibility index (Phi) is 8.84. The number of carbonyl (C=O) groups excluding carboxylic acids is 2. The molecule has 0 spiro atoms. The van der Waals surface area contributed by atoms with Gasteiger partial charge in [0.1, 0.15) is 11.5 Å². The highest BCUT2D eigenvalue weighted by Gasteiger charge is 2.11. The third kappa shape index (κ3) is 7.93. The highest BCUT2D eigenvalue weighted by molar-refractivity contribution is 5.87. The fourth-order valence-electron chi connectivity index (χ4n) is 2.51. The van der Waals surface area contributed by atoms with Gasteiger partial charge in [0.05, 0.1) is 6.61 Å². The maximum absolute atomic E-state index is 11.5. The van der Waals surface area contributed by atoms with Crippen LogP contribution in [-0.2, 0) is 25.5 Å². The molecule has 1 aromatic carbocycles. The largest absolute Gasteiger partial charge is 0.462 e. The molecule has 2 unspecified atom stereocenters. The third-order valence-corrected chi connectivity index (χ3v) is 4.16. The van der Waals surface area contributed by atoms with Crippen molar-refractivity contribution >= 4 is 11.9 Å². The van der Waals surface area contributed by atoms with Crippen LogP contribution in [0.2, 0.25) is 0 Å². The third-order valence-electron chi connectivity index (χ3n) is 4.16. The maximum atomic E-state index is 11.5. The van der Waals surface area contributed by atoms with Gasteiger partial charge in [-0.05, 0) is 55.2 Å². The zero-order valence-electron chi connectivity index (χ0n) is 17.0. The van der Waals surface area contributed by atoms with Crippen LogP contribution >= 0.6 is 0 Å². The second-order valence-corrected chi connectivity index (χ2v) is 6.69. The van der Waals surface area contributed by atoms with Gasteiger partial charge in [-0.3, -0.25) is 0 Å². The van der Waals surface area contributed by atoms with Crippen molar-refractivity contribution in [1.29, 1.82) is 0 Å². The second kappa shape index (κ2) is 11.6. The molecule has 158 valence electrons. The molecule has 2 atom stereocenters. The number of rotatable bonds is 10. The molecular formula is C24H26O6. The summed E-state index contributed by atoms with van der Waals surface area (Å²) >= 11 is 0. The average Bonchev–Trinajstić information content (AvgIpc) is 2.74. The standard InChI is InChI=1S/C24H26O6/c1-4-22(25)28-16-15-19-7-10-20(11-8-19)29-23(26)14-9-18-5-12-21(13-6-18)30-24(27)17(2)3/h4-5,7-14,18,23,26H,1-2,6,15-16H2,3H3/b14-9+. The minimum atomic E-state index is -1.09. The Balaban J connectivity index is 1.76. The number of ether oxygens (including phenoxy) is 3. The normalized spacial score (nSPS) is 16.5. The number of hydrogen-bond donors (Lipinski definition) is 1. The van der Waals surface area contributed by atoms with E-state index in [1.165, 1.54) is 0 Å². The molecule has 0 saturated carbocycles. The average molecular weight is 410 g/mol. The van der Waals surface area contributed by atoms with Crippen LogP contribution in [0.1, 0.15) is 18.9 Å². The number of aliphatic hydroxyl groups is 1. The first kappa shape index (κ1) is 22.9. The van der Waals surface area contributed by atoms with Gasteiger partial charge in [-0.15, -0.1) is 0 Å². The molecule has 6 nitrogen and oxygen atoms in total. The summed E-state index contributed by atoms with van der Waals surface area (Å²) in [6.45, 7) is 8.75. The van der Waals surface area contributed by atoms with E-state index < -0.39 is 18.2 Å². The van der Waals surface area contributed by atoms with E-state index in [1.807, 2.05) is 30.4 Å². The van der Waals surface area contributed by atoms with Crippen molar-refractivity contribution in [3.05, 3.63) is 90.8 Å². The highest BCUT2D eigenvalue weighted by atomic mass is 16.6. The lowest BCUT2D eigenvalue weighted by Gasteiger charge is -2.14. The van der Waals surface area contributed by atoms with E-state index in [9.17, 15) is 14.7 Å². The summed E-state index contributed by atoms with van der Waals surface area (Å²) in [7, 11) is 0. The van der Waals surface area contributed by atoms with Gasteiger partial charge in [0.15, 0.2) is 0 Å². The van der Waals surface area contributed by atoms with Crippen LogP contribution in [-0.4, -0.2) is 29.9 Å². The van der Waals surface area contributed by atoms with Gasteiger partial charge in [0, 0.05) is 18.1 Å². The fourth-order valence-corrected chi connectivity index (χ4v) is 2.51. The van der Waals surface area contributed by atoms with E-state index in [0.29, 0.717) is 29.9 Å². The van der Waals surface area contributed by atoms with Crippen LogP contribution in [0.15, 0.2) is 85.2 Å². The molecule has 0 saturated heterocycles. The van der Waals surface area contributed by atoms with Crippen LogP contribution in [0.25, 0.3) is 0 Å². The summed E-state index contributed by atoms with van der Waals surface area (Å²) in [4.78, 5) is 22.5. The van der Waals surface area contributed by atoms with Crippen LogP contribution in [0.5, 0.6) is 5.75 Å². The first-order chi connectivity index (χ1) is 14.4. The van der Waals surface area contributed by atoms with Crippen molar-refractivity contribution in [3.63, 3.8) is 0 Å². The molecule has 30 heavy (non-hydrogen) atoms. The molecule has 0 fully saturated rings. The summed E-state index contributed by atoms with van der Waals surface area (Å²) in [5.74, 6) is 0.178. The molecule has 2 rings (SSSR count). The number of allylic oxidation sites excluding steroid dienone is 4. The lowest BCUT2D eigenvalue weighted by molar-refractivity contribution is -0.137. The zero-order valence-corrected chi connectivity index (χ0v) is 17.0. The summed E-state index contributed by atoms with van der Waals surface area (Å²) in [6, 6.07) is 7.17. The van der Waals surface area contributed by atoms with E-state index in [2.05, 4.69) is 13.2 Å². The van der Waals surface area contributed by atoms with Gasteiger partial charge in [0.2, 0.25) is 6.29 Å². The predicted molar refractivity (Wildman–Crippen MR) is 113 cm³/mol. The number of benzene rings is 1. The van der Waals surface area contributed by atoms with Crippen LogP contribution in [0.4, 0.5) is 0 Å². The lowest BCUT2D eigenvalue weighted by atomic mass is 9.99. The Hall–Kier alpha value is -3.38. The zero-order chi connectivity index (χ0) is 21.9. The second-order valence-electron chi connectivity index (χ2n) is 6.69. The number of carbonyl (C=O) groups is 2. The first-order valence-corrected chi connectivity index (χ1v) is 9.54. The predicted octanol–water partition coefficient (Wildman–Crippen LogP) is 3.79. The quantitative estimate of drug-likeness (QED) is 0.274. The molecular weight excluding hydrogens is 384 g/mol. The summed E-state index contributed by atoms with van der Waals surface area (Å²) < 4.78 is 15.6. The Morgan fingerprint density at radius 1 is 1.30 bits per heavy atom. The smallest absolute Gasteiger partial charge is 0.338 e. The van der Waals surface area contributed by atoms with Gasteiger partial charge in [-0.2, -0.15) is 0 Å². The topological polar surface area (TPSA) is 82.1 Å². The molecule has 0 amide bonds. The molecule has 0 bridgehead atoms. The van der Waals surface area contributed by atoms with Gasteiger partial charge in [-0.1, -0.05) is 37.4 Å². The molecule has 6 heteroatoms. The fraction of sp³-hybridized carbons (Fsp3) is 0.250. The van der Waals surface area contributed by atoms with E-state index in [1.54, 1.807) is 31.2 Å². The van der Waals surface area contributed by atoms with E-state index >= 15 is 0 Å². The molecule has 0 aromatic heterocycles. The Morgan fingerprint density at radius 2 is 2.03 bits per heavy atom. The molecule has 1 aliphatic carbocycles. The van der Waals surface area contributed by atoms with E-state index in [0.717, 1.165) is 11.6 Å². The Morgan fingerprint density at radius 3 is 2.63 bits per heavy atom. The van der Waals surface area contributed by atoms with Crippen molar-refractivity contribution in [1.82, 2.24) is 0 Å². The minimum Gasteiger partial charge on any atom is -0.462 e. The molecule has 0 radical (unpaired) electrons. The molecule has 0 heterocycles. The minimum absolute atomic E-state index is 0.0659. The summed E-state index contributed by atoms with van der Waals surface area (Å²) in [6.07, 6.45) is 10.1. The lowest BCUT2D eigenvalue weighted by Crippen LogP contribution is -2.13. The van der Waals surface area contributed by atoms with Crippen molar-refractivity contribution in [2.75, 3.05) is 6.61 Å². The van der Waals surface area contributed by atoms with Crippen LogP contribution < -0.4 is 4.74 Å². The van der Waals surface area contributed by atoms with E-state index in [4.69, 9.17) is 14.2 Å². The monoisotopic (exact) mass is 410 g/mol. The van der Waals surface area contributed by atoms with Crippen molar-refractivity contribution in [2.45, 2.75) is 26.1 Å². The van der Waals surface area contributed by atoms with Gasteiger partial charge in [-0.25, -0.2) is 9.59 Å². The SMILES string of the molecule is C=CC(=O)OCCc1ccc(OC(O)/C=C/C2C=CC(OC(=O)C(=C)C)=CC2)cc1. The molecule has 1 N–H and O–H groups in total. The van der Waals surface area contributed by atoms with Gasteiger partial charge < -0.3 is 19.3 Å². The van der Waals surface area contributed by atoms with Crippen LogP contribution in [0, 0.1) is 5.92 Å². The molecule has 1 aromatic rings. The summed E-state index contributed by atoms with van der Waals surface area (Å²) in [5.41, 5.74) is 1.32. The Labute approximate surface area is 176 Å². The molecule has 0 aliphatic heterocycles. The maximum Gasteiger partial charge on any atom is 0.338 e. The van der Waals surface area contributed by atoms with Crippen LogP contribution in [0.3, 0.4) is 0 Å². The van der Waals surface area contributed by atoms with Gasteiger partial charge >= 0.3 is 11.9 Å².